The largest absolute Gasteiger partial charge is 0.497 e. The number of fused-ring (bicyclic) bond motifs is 1. The lowest BCUT2D eigenvalue weighted by molar-refractivity contribution is -0.118. The van der Waals surface area contributed by atoms with Crippen LogP contribution in [0.5, 0.6) is 11.5 Å². The van der Waals surface area contributed by atoms with E-state index in [1.807, 2.05) is 19.9 Å². The van der Waals surface area contributed by atoms with E-state index in [1.54, 1.807) is 43.5 Å². The van der Waals surface area contributed by atoms with Crippen molar-refractivity contribution in [2.45, 2.75) is 19.8 Å². The molecule has 2 aromatic carbocycles. The Morgan fingerprint density at radius 3 is 2.67 bits per heavy atom. The third kappa shape index (κ3) is 4.47. The lowest BCUT2D eigenvalue weighted by atomic mass is 10.00. The Morgan fingerprint density at radius 1 is 1.11 bits per heavy atom. The number of hydrogen-bond acceptors (Lipinski definition) is 5. The van der Waals surface area contributed by atoms with E-state index in [2.05, 4.69) is 5.32 Å². The highest BCUT2D eigenvalue weighted by Crippen LogP contribution is 2.27. The summed E-state index contributed by atoms with van der Waals surface area (Å²) in [7, 11) is 1.56. The Bertz CT molecular complexity index is 1020. The predicted molar refractivity (Wildman–Crippen MR) is 104 cm³/mol. The molecule has 0 aliphatic heterocycles. The Labute approximate surface area is 156 Å². The molecule has 1 heterocycles. The zero-order valence-electron chi connectivity index (χ0n) is 15.4. The fraction of sp³-hybridized carbons (Fsp3) is 0.238. The van der Waals surface area contributed by atoms with Gasteiger partial charge in [-0.2, -0.15) is 0 Å². The van der Waals surface area contributed by atoms with Crippen LogP contribution in [-0.2, 0) is 4.79 Å². The minimum absolute atomic E-state index is 0.170. The van der Waals surface area contributed by atoms with Crippen molar-refractivity contribution in [2.24, 2.45) is 0 Å². The van der Waals surface area contributed by atoms with Crippen LogP contribution < -0.4 is 20.4 Å². The summed E-state index contributed by atoms with van der Waals surface area (Å²) in [4.78, 5) is 23.9. The Hall–Kier alpha value is -3.28. The van der Waals surface area contributed by atoms with Gasteiger partial charge in [0, 0.05) is 29.3 Å². The Kier molecular flexibility index (Phi) is 5.45. The van der Waals surface area contributed by atoms with Gasteiger partial charge in [0.1, 0.15) is 17.1 Å². The van der Waals surface area contributed by atoms with Crippen LogP contribution in [0.2, 0.25) is 0 Å². The molecule has 1 amide bonds. The topological polar surface area (TPSA) is 77.8 Å². The molecule has 0 saturated heterocycles. The van der Waals surface area contributed by atoms with Gasteiger partial charge in [0.25, 0.3) is 5.91 Å². The minimum atomic E-state index is -0.404. The predicted octanol–water partition coefficient (Wildman–Crippen LogP) is 3.94. The molecule has 0 saturated carbocycles. The lowest BCUT2D eigenvalue weighted by Crippen LogP contribution is -2.20. The Morgan fingerprint density at radius 2 is 1.93 bits per heavy atom. The third-order valence-electron chi connectivity index (χ3n) is 4.09. The summed E-state index contributed by atoms with van der Waals surface area (Å²) in [5.74, 6) is 0.990. The number of benzene rings is 2. The van der Waals surface area contributed by atoms with E-state index < -0.39 is 5.63 Å². The number of rotatable bonds is 6. The average Bonchev–Trinajstić information content (AvgIpc) is 2.65. The molecule has 1 N–H and O–H groups in total. The quantitative estimate of drug-likeness (QED) is 0.668. The maximum Gasteiger partial charge on any atom is 0.336 e. The van der Waals surface area contributed by atoms with E-state index in [-0.39, 0.29) is 18.4 Å². The second kappa shape index (κ2) is 7.95. The van der Waals surface area contributed by atoms with E-state index in [4.69, 9.17) is 13.9 Å². The summed E-state index contributed by atoms with van der Waals surface area (Å²) >= 11 is 0. The summed E-state index contributed by atoms with van der Waals surface area (Å²) in [5.41, 5.74) is 1.58. The molecular formula is C21H21NO5. The van der Waals surface area contributed by atoms with Gasteiger partial charge in [-0.1, -0.05) is 19.9 Å². The molecule has 6 nitrogen and oxygen atoms in total. The average molecular weight is 367 g/mol. The van der Waals surface area contributed by atoms with Crippen LogP contribution in [-0.4, -0.2) is 19.6 Å². The number of nitrogens with one attached hydrogen (secondary N) is 1. The number of methoxy groups -OCH3 is 1. The number of carbonyl (C=O) groups excluding carboxylic acids is 1. The van der Waals surface area contributed by atoms with Crippen molar-refractivity contribution in [1.82, 2.24) is 0 Å². The first kappa shape index (κ1) is 18.5. The van der Waals surface area contributed by atoms with Gasteiger partial charge in [0.15, 0.2) is 6.61 Å². The van der Waals surface area contributed by atoms with Crippen LogP contribution in [0, 0.1) is 0 Å². The van der Waals surface area contributed by atoms with Crippen molar-refractivity contribution >= 4 is 22.6 Å². The van der Waals surface area contributed by atoms with Crippen LogP contribution in [0.1, 0.15) is 25.3 Å². The zero-order valence-corrected chi connectivity index (χ0v) is 15.4. The maximum atomic E-state index is 12.1. The van der Waals surface area contributed by atoms with Crippen molar-refractivity contribution < 1.29 is 18.7 Å². The highest BCUT2D eigenvalue weighted by atomic mass is 16.5. The van der Waals surface area contributed by atoms with E-state index >= 15 is 0 Å². The first-order valence-electron chi connectivity index (χ1n) is 8.61. The van der Waals surface area contributed by atoms with Gasteiger partial charge in [0.05, 0.1) is 7.11 Å². The molecule has 0 atom stereocenters. The van der Waals surface area contributed by atoms with Gasteiger partial charge in [0.2, 0.25) is 0 Å². The summed E-state index contributed by atoms with van der Waals surface area (Å²) in [6.45, 7) is 3.86. The van der Waals surface area contributed by atoms with Gasteiger partial charge < -0.3 is 19.2 Å². The molecule has 0 aliphatic rings. The molecule has 0 radical (unpaired) electrons. The normalized spacial score (nSPS) is 10.8. The van der Waals surface area contributed by atoms with Gasteiger partial charge >= 0.3 is 5.63 Å². The van der Waals surface area contributed by atoms with Crippen molar-refractivity contribution in [3.8, 4) is 11.5 Å². The minimum Gasteiger partial charge on any atom is -0.497 e. The number of hydrogen-bond donors (Lipinski definition) is 1. The smallest absolute Gasteiger partial charge is 0.336 e. The molecule has 0 bridgehead atoms. The molecular weight excluding hydrogens is 346 g/mol. The number of carbonyl (C=O) groups is 1. The van der Waals surface area contributed by atoms with Gasteiger partial charge in [-0.3, -0.25) is 4.79 Å². The van der Waals surface area contributed by atoms with Crippen molar-refractivity contribution in [2.75, 3.05) is 19.0 Å². The summed E-state index contributed by atoms with van der Waals surface area (Å²) < 4.78 is 15.9. The number of ether oxygens (including phenoxy) is 2. The lowest BCUT2D eigenvalue weighted by Gasteiger charge is -2.11. The van der Waals surface area contributed by atoms with Gasteiger partial charge in [-0.25, -0.2) is 4.79 Å². The van der Waals surface area contributed by atoms with E-state index in [0.717, 1.165) is 10.9 Å². The zero-order chi connectivity index (χ0) is 19.4. The molecule has 0 fully saturated rings. The monoisotopic (exact) mass is 367 g/mol. The van der Waals surface area contributed by atoms with E-state index in [1.165, 1.54) is 6.07 Å². The maximum absolute atomic E-state index is 12.1. The van der Waals surface area contributed by atoms with Crippen LogP contribution in [0.15, 0.2) is 57.7 Å². The number of anilines is 1. The summed E-state index contributed by atoms with van der Waals surface area (Å²) in [5, 5.41) is 3.60. The second-order valence-electron chi connectivity index (χ2n) is 6.40. The van der Waals surface area contributed by atoms with E-state index in [0.29, 0.717) is 22.8 Å². The van der Waals surface area contributed by atoms with E-state index in [9.17, 15) is 9.59 Å². The fourth-order valence-electron chi connectivity index (χ4n) is 2.78. The van der Waals surface area contributed by atoms with Crippen LogP contribution in [0.4, 0.5) is 5.69 Å². The second-order valence-corrected chi connectivity index (χ2v) is 6.40. The molecule has 1 aromatic heterocycles. The van der Waals surface area contributed by atoms with Crippen molar-refractivity contribution in [3.05, 3.63) is 64.5 Å². The molecule has 140 valence electrons. The highest BCUT2D eigenvalue weighted by Gasteiger charge is 2.11. The van der Waals surface area contributed by atoms with Crippen LogP contribution in [0.3, 0.4) is 0 Å². The molecule has 0 spiro atoms. The van der Waals surface area contributed by atoms with Gasteiger partial charge in [-0.15, -0.1) is 0 Å². The molecule has 27 heavy (non-hydrogen) atoms. The molecule has 3 aromatic rings. The summed E-state index contributed by atoms with van der Waals surface area (Å²) in [6, 6.07) is 13.8. The van der Waals surface area contributed by atoms with Crippen molar-refractivity contribution in [1.29, 1.82) is 0 Å². The highest BCUT2D eigenvalue weighted by molar-refractivity contribution is 5.92. The molecule has 0 unspecified atom stereocenters. The standard InChI is InChI=1S/C21H21NO5/c1-13(2)18-11-21(24)27-19-10-16(7-8-17(18)19)26-12-20(23)22-14-5-4-6-15(9-14)25-3/h4-11,13H,12H2,1-3H3,(H,22,23). The van der Waals surface area contributed by atoms with Crippen LogP contribution in [0.25, 0.3) is 11.0 Å². The Balaban J connectivity index is 1.71. The van der Waals surface area contributed by atoms with Gasteiger partial charge in [-0.05, 0) is 35.7 Å². The SMILES string of the molecule is COc1cccc(NC(=O)COc2ccc3c(C(C)C)cc(=O)oc3c2)c1. The van der Waals surface area contributed by atoms with Crippen LogP contribution >= 0.6 is 0 Å². The fourth-order valence-corrected chi connectivity index (χ4v) is 2.78. The first-order chi connectivity index (χ1) is 13.0. The van der Waals surface area contributed by atoms with Crippen molar-refractivity contribution in [3.63, 3.8) is 0 Å². The number of amides is 1. The summed E-state index contributed by atoms with van der Waals surface area (Å²) in [6.07, 6.45) is 0. The first-order valence-corrected chi connectivity index (χ1v) is 8.61. The molecule has 3 rings (SSSR count). The molecule has 0 aliphatic carbocycles. The molecule has 6 heteroatoms. The third-order valence-corrected chi connectivity index (χ3v) is 4.09.